The molecule has 1 N–H and O–H groups in total. The second kappa shape index (κ2) is 6.22. The lowest BCUT2D eigenvalue weighted by atomic mass is 10.0. The number of nitrogens with zero attached hydrogens (tertiary/aromatic N) is 4. The number of hydrogen-bond acceptors (Lipinski definition) is 4. The smallest absolute Gasteiger partial charge is 0.243 e. The molecule has 1 aliphatic carbocycles. The van der Waals surface area contributed by atoms with E-state index in [0.717, 1.165) is 37.8 Å². The Kier molecular flexibility index (Phi) is 3.92. The summed E-state index contributed by atoms with van der Waals surface area (Å²) in [4.78, 5) is 26.8. The Morgan fingerprint density at radius 3 is 2.88 bits per heavy atom. The van der Waals surface area contributed by atoms with Crippen molar-refractivity contribution in [3.8, 4) is 0 Å². The number of aromatic nitrogens is 3. The van der Waals surface area contributed by atoms with Gasteiger partial charge in [0.15, 0.2) is 11.5 Å². The molecule has 0 aromatic carbocycles. The lowest BCUT2D eigenvalue weighted by Crippen LogP contribution is -2.52. The van der Waals surface area contributed by atoms with Gasteiger partial charge in [0.2, 0.25) is 11.8 Å². The Bertz CT molecular complexity index is 767. The van der Waals surface area contributed by atoms with Crippen molar-refractivity contribution in [1.82, 2.24) is 24.8 Å². The lowest BCUT2D eigenvalue weighted by molar-refractivity contribution is -0.143. The fourth-order valence-electron chi connectivity index (χ4n) is 3.33. The van der Waals surface area contributed by atoms with Crippen LogP contribution in [0.1, 0.15) is 37.9 Å². The van der Waals surface area contributed by atoms with Gasteiger partial charge < -0.3 is 10.2 Å². The molecule has 126 valence electrons. The number of fused-ring (bicyclic) bond motifs is 1. The molecule has 0 radical (unpaired) electrons. The standard InChI is InChI=1S/C17H21N5O2/c23-16(13-5-1-3-9-21(13)17(24)12-7-8-12)18-11-15-20-19-14-6-2-4-10-22(14)15/h2,4,6,10,12-13H,1,3,5,7-9,11H2,(H,18,23). The molecular formula is C17H21N5O2. The molecule has 7 nitrogen and oxygen atoms in total. The third-order valence-corrected chi connectivity index (χ3v) is 4.82. The molecule has 24 heavy (non-hydrogen) atoms. The van der Waals surface area contributed by atoms with E-state index in [9.17, 15) is 9.59 Å². The second-order valence-electron chi connectivity index (χ2n) is 6.58. The van der Waals surface area contributed by atoms with Crippen molar-refractivity contribution in [2.45, 2.75) is 44.7 Å². The maximum atomic E-state index is 12.6. The minimum atomic E-state index is -0.342. The molecule has 2 aromatic heterocycles. The van der Waals surface area contributed by atoms with Gasteiger partial charge in [-0.1, -0.05) is 6.07 Å². The Morgan fingerprint density at radius 2 is 2.04 bits per heavy atom. The molecule has 1 saturated carbocycles. The van der Waals surface area contributed by atoms with Crippen LogP contribution in [-0.4, -0.2) is 43.9 Å². The fourth-order valence-corrected chi connectivity index (χ4v) is 3.33. The van der Waals surface area contributed by atoms with E-state index in [1.54, 1.807) is 4.90 Å². The monoisotopic (exact) mass is 327 g/mol. The van der Waals surface area contributed by atoms with Gasteiger partial charge in [0.1, 0.15) is 6.04 Å². The van der Waals surface area contributed by atoms with Gasteiger partial charge in [-0.15, -0.1) is 10.2 Å². The van der Waals surface area contributed by atoms with E-state index in [1.807, 2.05) is 28.8 Å². The first-order chi connectivity index (χ1) is 11.7. The predicted octanol–water partition coefficient (Wildman–Crippen LogP) is 1.14. The van der Waals surface area contributed by atoms with Crippen LogP contribution in [-0.2, 0) is 16.1 Å². The van der Waals surface area contributed by atoms with Crippen molar-refractivity contribution in [3.05, 3.63) is 30.2 Å². The average Bonchev–Trinajstić information content (AvgIpc) is 3.40. The summed E-state index contributed by atoms with van der Waals surface area (Å²) in [6.07, 6.45) is 6.52. The molecule has 2 aromatic rings. The molecule has 0 bridgehead atoms. The van der Waals surface area contributed by atoms with Crippen LogP contribution in [0.4, 0.5) is 0 Å². The van der Waals surface area contributed by atoms with Crippen molar-refractivity contribution >= 4 is 17.5 Å². The topological polar surface area (TPSA) is 79.6 Å². The summed E-state index contributed by atoms with van der Waals surface area (Å²) in [6, 6.07) is 5.33. The quantitative estimate of drug-likeness (QED) is 0.913. The van der Waals surface area contributed by atoms with E-state index in [4.69, 9.17) is 0 Å². The summed E-state index contributed by atoms with van der Waals surface area (Å²) < 4.78 is 1.86. The average molecular weight is 327 g/mol. The van der Waals surface area contributed by atoms with E-state index >= 15 is 0 Å². The SMILES string of the molecule is O=C(NCc1nnc2ccccn12)C1CCCCN1C(=O)C1CC1. The molecule has 2 aliphatic rings. The number of hydrogen-bond donors (Lipinski definition) is 1. The first kappa shape index (κ1) is 15.1. The summed E-state index contributed by atoms with van der Waals surface area (Å²) in [5.74, 6) is 0.910. The Morgan fingerprint density at radius 1 is 1.17 bits per heavy atom. The molecule has 3 heterocycles. The summed E-state index contributed by atoms with van der Waals surface area (Å²) in [5, 5.41) is 11.1. The maximum Gasteiger partial charge on any atom is 0.243 e. The number of piperidine rings is 1. The number of carbonyl (C=O) groups excluding carboxylic acids is 2. The van der Waals surface area contributed by atoms with Gasteiger partial charge in [-0.3, -0.25) is 14.0 Å². The van der Waals surface area contributed by atoms with Gasteiger partial charge in [-0.25, -0.2) is 0 Å². The number of carbonyl (C=O) groups is 2. The van der Waals surface area contributed by atoms with Crippen LogP contribution in [0.2, 0.25) is 0 Å². The zero-order valence-corrected chi connectivity index (χ0v) is 13.5. The Balaban J connectivity index is 1.43. The molecule has 4 rings (SSSR count). The van der Waals surface area contributed by atoms with E-state index in [2.05, 4.69) is 15.5 Å². The van der Waals surface area contributed by atoms with Gasteiger partial charge in [0, 0.05) is 18.7 Å². The van der Waals surface area contributed by atoms with Crippen LogP contribution < -0.4 is 5.32 Å². The van der Waals surface area contributed by atoms with E-state index in [1.165, 1.54) is 0 Å². The van der Waals surface area contributed by atoms with Crippen molar-refractivity contribution in [2.24, 2.45) is 5.92 Å². The van der Waals surface area contributed by atoms with Gasteiger partial charge in [-0.2, -0.15) is 0 Å². The van der Waals surface area contributed by atoms with Gasteiger partial charge in [0.05, 0.1) is 6.54 Å². The van der Waals surface area contributed by atoms with Crippen molar-refractivity contribution in [3.63, 3.8) is 0 Å². The highest BCUT2D eigenvalue weighted by Gasteiger charge is 2.39. The third kappa shape index (κ3) is 2.86. The predicted molar refractivity (Wildman–Crippen MR) is 86.9 cm³/mol. The van der Waals surface area contributed by atoms with Crippen LogP contribution in [0.25, 0.3) is 5.65 Å². The summed E-state index contributed by atoms with van der Waals surface area (Å²) >= 11 is 0. The van der Waals surface area contributed by atoms with Crippen molar-refractivity contribution in [2.75, 3.05) is 6.54 Å². The van der Waals surface area contributed by atoms with Crippen LogP contribution >= 0.6 is 0 Å². The summed E-state index contributed by atoms with van der Waals surface area (Å²) in [5.41, 5.74) is 0.755. The van der Waals surface area contributed by atoms with E-state index in [-0.39, 0.29) is 23.8 Å². The van der Waals surface area contributed by atoms with Gasteiger partial charge in [-0.05, 0) is 44.2 Å². The van der Waals surface area contributed by atoms with E-state index in [0.29, 0.717) is 18.9 Å². The highest BCUT2D eigenvalue weighted by Crippen LogP contribution is 2.33. The van der Waals surface area contributed by atoms with Crippen molar-refractivity contribution < 1.29 is 9.59 Å². The van der Waals surface area contributed by atoms with Crippen LogP contribution in [0.5, 0.6) is 0 Å². The molecule has 2 amide bonds. The van der Waals surface area contributed by atoms with Crippen molar-refractivity contribution in [1.29, 1.82) is 0 Å². The summed E-state index contributed by atoms with van der Waals surface area (Å²) in [6.45, 7) is 1.01. The maximum absolute atomic E-state index is 12.6. The lowest BCUT2D eigenvalue weighted by Gasteiger charge is -2.34. The molecular weight excluding hydrogens is 306 g/mol. The van der Waals surface area contributed by atoms with E-state index < -0.39 is 0 Å². The molecule has 1 atom stereocenters. The molecule has 1 unspecified atom stereocenters. The molecule has 1 aliphatic heterocycles. The first-order valence-corrected chi connectivity index (χ1v) is 8.61. The van der Waals surface area contributed by atoms with Crippen LogP contribution in [0, 0.1) is 5.92 Å². The number of amides is 2. The van der Waals surface area contributed by atoms with Gasteiger partial charge in [0.25, 0.3) is 0 Å². The third-order valence-electron chi connectivity index (χ3n) is 4.82. The highest BCUT2D eigenvalue weighted by atomic mass is 16.2. The minimum Gasteiger partial charge on any atom is -0.347 e. The normalized spacial score (nSPS) is 21.0. The number of nitrogens with one attached hydrogen (secondary N) is 1. The van der Waals surface area contributed by atoms with Crippen LogP contribution in [0.3, 0.4) is 0 Å². The van der Waals surface area contributed by atoms with Crippen LogP contribution in [0.15, 0.2) is 24.4 Å². The fraction of sp³-hybridized carbons (Fsp3) is 0.529. The highest BCUT2D eigenvalue weighted by molar-refractivity contribution is 5.89. The largest absolute Gasteiger partial charge is 0.347 e. The number of pyridine rings is 1. The van der Waals surface area contributed by atoms with Gasteiger partial charge >= 0.3 is 0 Å². The first-order valence-electron chi connectivity index (χ1n) is 8.61. The zero-order chi connectivity index (χ0) is 16.5. The number of likely N-dealkylation sites (tertiary alicyclic amines) is 1. The molecule has 7 heteroatoms. The zero-order valence-electron chi connectivity index (χ0n) is 13.5. The number of rotatable bonds is 4. The Hall–Kier alpha value is -2.44. The molecule has 0 spiro atoms. The molecule has 1 saturated heterocycles. The molecule has 2 fully saturated rings. The Labute approximate surface area is 140 Å². The minimum absolute atomic E-state index is 0.0867. The second-order valence-corrected chi connectivity index (χ2v) is 6.58. The summed E-state index contributed by atoms with van der Waals surface area (Å²) in [7, 11) is 0.